The highest BCUT2D eigenvalue weighted by atomic mass is 14.4. The summed E-state index contributed by atoms with van der Waals surface area (Å²) in [5, 5.41) is 0. The van der Waals surface area contributed by atoms with E-state index in [4.69, 9.17) is 0 Å². The molecule has 17 heavy (non-hydrogen) atoms. The van der Waals surface area contributed by atoms with E-state index in [0.29, 0.717) is 5.41 Å². The smallest absolute Gasteiger partial charge is 0.0222 e. The van der Waals surface area contributed by atoms with E-state index in [9.17, 15) is 0 Å². The van der Waals surface area contributed by atoms with Gasteiger partial charge in [-0.2, -0.15) is 0 Å². The van der Waals surface area contributed by atoms with Crippen LogP contribution in [0.4, 0.5) is 0 Å². The molecule has 0 bridgehead atoms. The van der Waals surface area contributed by atoms with Crippen molar-refractivity contribution < 1.29 is 0 Å². The van der Waals surface area contributed by atoms with E-state index < -0.39 is 0 Å². The van der Waals surface area contributed by atoms with Gasteiger partial charge in [-0.05, 0) is 49.0 Å². The van der Waals surface area contributed by atoms with Gasteiger partial charge in [-0.3, -0.25) is 0 Å². The molecular formula is C17H26. The van der Waals surface area contributed by atoms with E-state index in [0.717, 1.165) is 11.8 Å². The maximum atomic E-state index is 2.50. The minimum absolute atomic E-state index is 0.505. The SMILES string of the molecule is Cc1cccc(CC2(C)CC(C)CCC2C)c1. The standard InChI is InChI=1S/C17H26/c1-13-6-5-7-16(10-13)12-17(4)11-14(2)8-9-15(17)3/h5-7,10,14-15H,8-9,11-12H2,1-4H3. The summed E-state index contributed by atoms with van der Waals surface area (Å²) in [5.74, 6) is 1.76. The summed E-state index contributed by atoms with van der Waals surface area (Å²) in [4.78, 5) is 0. The van der Waals surface area contributed by atoms with E-state index in [1.807, 2.05) is 0 Å². The number of rotatable bonds is 2. The lowest BCUT2D eigenvalue weighted by Crippen LogP contribution is -2.34. The molecule has 3 atom stereocenters. The van der Waals surface area contributed by atoms with Gasteiger partial charge in [0.1, 0.15) is 0 Å². The largest absolute Gasteiger partial charge is 0.0625 e. The third kappa shape index (κ3) is 2.91. The van der Waals surface area contributed by atoms with Gasteiger partial charge in [0.25, 0.3) is 0 Å². The molecule has 0 saturated heterocycles. The molecule has 0 nitrogen and oxygen atoms in total. The maximum Gasteiger partial charge on any atom is -0.0222 e. The van der Waals surface area contributed by atoms with E-state index in [1.54, 1.807) is 0 Å². The van der Waals surface area contributed by atoms with Gasteiger partial charge in [0.15, 0.2) is 0 Å². The lowest BCUT2D eigenvalue weighted by Gasteiger charge is -2.43. The third-order valence-corrected chi connectivity index (χ3v) is 4.79. The molecule has 0 spiro atoms. The van der Waals surface area contributed by atoms with Crippen LogP contribution in [-0.2, 0) is 6.42 Å². The average molecular weight is 230 g/mol. The van der Waals surface area contributed by atoms with Crippen molar-refractivity contribution in [2.45, 2.75) is 53.4 Å². The molecule has 0 heteroatoms. The summed E-state index contributed by atoms with van der Waals surface area (Å²) < 4.78 is 0. The summed E-state index contributed by atoms with van der Waals surface area (Å²) in [7, 11) is 0. The molecule has 0 N–H and O–H groups in total. The van der Waals surface area contributed by atoms with Crippen LogP contribution < -0.4 is 0 Å². The van der Waals surface area contributed by atoms with Crippen LogP contribution in [0.1, 0.15) is 51.2 Å². The molecule has 1 saturated carbocycles. The van der Waals surface area contributed by atoms with Gasteiger partial charge in [-0.1, -0.05) is 57.0 Å². The van der Waals surface area contributed by atoms with Crippen LogP contribution in [-0.4, -0.2) is 0 Å². The van der Waals surface area contributed by atoms with Crippen molar-refractivity contribution in [1.29, 1.82) is 0 Å². The molecule has 0 radical (unpaired) electrons. The second-order valence-corrected chi connectivity index (χ2v) is 6.61. The molecule has 94 valence electrons. The van der Waals surface area contributed by atoms with Crippen LogP contribution in [0.2, 0.25) is 0 Å². The number of benzene rings is 1. The molecule has 1 aromatic carbocycles. The zero-order valence-corrected chi connectivity index (χ0v) is 11.8. The van der Waals surface area contributed by atoms with Crippen molar-refractivity contribution in [2.24, 2.45) is 17.3 Å². The maximum absolute atomic E-state index is 2.50. The van der Waals surface area contributed by atoms with Crippen molar-refractivity contribution >= 4 is 0 Å². The molecule has 2 rings (SSSR count). The molecular weight excluding hydrogens is 204 g/mol. The second kappa shape index (κ2) is 4.84. The molecule has 1 aliphatic carbocycles. The Hall–Kier alpha value is -0.780. The minimum Gasteiger partial charge on any atom is -0.0625 e. The second-order valence-electron chi connectivity index (χ2n) is 6.61. The Labute approximate surface area is 106 Å². The van der Waals surface area contributed by atoms with E-state index >= 15 is 0 Å². The average Bonchev–Trinajstić information content (AvgIpc) is 2.24. The highest BCUT2D eigenvalue weighted by molar-refractivity contribution is 5.23. The Kier molecular flexibility index (Phi) is 3.61. The van der Waals surface area contributed by atoms with Crippen LogP contribution in [0.3, 0.4) is 0 Å². The highest BCUT2D eigenvalue weighted by Crippen LogP contribution is 2.45. The normalized spacial score (nSPS) is 33.6. The quantitative estimate of drug-likeness (QED) is 0.670. The van der Waals surface area contributed by atoms with Gasteiger partial charge in [0.2, 0.25) is 0 Å². The van der Waals surface area contributed by atoms with E-state index in [2.05, 4.69) is 52.0 Å². The zero-order valence-electron chi connectivity index (χ0n) is 11.8. The highest BCUT2D eigenvalue weighted by Gasteiger charge is 2.36. The summed E-state index contributed by atoms with van der Waals surface area (Å²) in [6, 6.07) is 9.05. The first-order chi connectivity index (χ1) is 7.99. The summed E-state index contributed by atoms with van der Waals surface area (Å²) >= 11 is 0. The summed E-state index contributed by atoms with van der Waals surface area (Å²) in [6.07, 6.45) is 5.47. The molecule has 0 amide bonds. The molecule has 3 unspecified atom stereocenters. The van der Waals surface area contributed by atoms with Crippen LogP contribution in [0.15, 0.2) is 24.3 Å². The first-order valence-corrected chi connectivity index (χ1v) is 7.05. The van der Waals surface area contributed by atoms with Crippen molar-refractivity contribution in [1.82, 2.24) is 0 Å². The Morgan fingerprint density at radius 2 is 2.00 bits per heavy atom. The predicted molar refractivity (Wildman–Crippen MR) is 75.2 cm³/mol. The van der Waals surface area contributed by atoms with Crippen molar-refractivity contribution in [3.63, 3.8) is 0 Å². The van der Waals surface area contributed by atoms with Gasteiger partial charge in [0.05, 0.1) is 0 Å². The zero-order chi connectivity index (χ0) is 12.5. The topological polar surface area (TPSA) is 0 Å². The fourth-order valence-corrected chi connectivity index (χ4v) is 3.52. The van der Waals surface area contributed by atoms with Crippen LogP contribution in [0.25, 0.3) is 0 Å². The Morgan fingerprint density at radius 3 is 2.71 bits per heavy atom. The van der Waals surface area contributed by atoms with Crippen LogP contribution in [0, 0.1) is 24.2 Å². The summed E-state index contributed by atoms with van der Waals surface area (Å²) in [5.41, 5.74) is 3.42. The number of aryl methyl sites for hydroxylation is 1. The van der Waals surface area contributed by atoms with E-state index in [1.165, 1.54) is 36.8 Å². The molecule has 0 aliphatic heterocycles. The first kappa shape index (κ1) is 12.7. The van der Waals surface area contributed by atoms with Crippen LogP contribution in [0.5, 0.6) is 0 Å². The van der Waals surface area contributed by atoms with Crippen molar-refractivity contribution in [2.75, 3.05) is 0 Å². The molecule has 1 fully saturated rings. The molecule has 1 aliphatic rings. The van der Waals surface area contributed by atoms with Crippen LogP contribution >= 0.6 is 0 Å². The lowest BCUT2D eigenvalue weighted by atomic mass is 9.62. The first-order valence-electron chi connectivity index (χ1n) is 7.05. The Balaban J connectivity index is 2.15. The monoisotopic (exact) mass is 230 g/mol. The Morgan fingerprint density at radius 1 is 1.24 bits per heavy atom. The fraction of sp³-hybridized carbons (Fsp3) is 0.647. The molecule has 1 aromatic rings. The molecule has 0 aromatic heterocycles. The lowest BCUT2D eigenvalue weighted by molar-refractivity contribution is 0.0946. The van der Waals surface area contributed by atoms with Gasteiger partial charge in [-0.25, -0.2) is 0 Å². The van der Waals surface area contributed by atoms with Gasteiger partial charge in [-0.15, -0.1) is 0 Å². The van der Waals surface area contributed by atoms with Gasteiger partial charge < -0.3 is 0 Å². The van der Waals surface area contributed by atoms with E-state index in [-0.39, 0.29) is 0 Å². The molecule has 0 heterocycles. The van der Waals surface area contributed by atoms with Gasteiger partial charge >= 0.3 is 0 Å². The summed E-state index contributed by atoms with van der Waals surface area (Å²) in [6.45, 7) is 9.55. The van der Waals surface area contributed by atoms with Crippen molar-refractivity contribution in [3.8, 4) is 0 Å². The van der Waals surface area contributed by atoms with Gasteiger partial charge in [0, 0.05) is 0 Å². The third-order valence-electron chi connectivity index (χ3n) is 4.79. The fourth-order valence-electron chi connectivity index (χ4n) is 3.52. The van der Waals surface area contributed by atoms with Crippen molar-refractivity contribution in [3.05, 3.63) is 35.4 Å². The minimum atomic E-state index is 0.505. The number of hydrogen-bond acceptors (Lipinski definition) is 0. The predicted octanol–water partition coefficient (Wildman–Crippen LogP) is 5.00. The Bertz CT molecular complexity index is 379. The number of hydrogen-bond donors (Lipinski definition) is 0.